The number of aryl methyl sites for hydroxylation is 1. The molecular formula is C16H17N. The summed E-state index contributed by atoms with van der Waals surface area (Å²) in [4.78, 5) is 4.50. The van der Waals surface area contributed by atoms with Crippen molar-refractivity contribution in [3.63, 3.8) is 0 Å². The Morgan fingerprint density at radius 3 is 3.00 bits per heavy atom. The summed E-state index contributed by atoms with van der Waals surface area (Å²) in [6.07, 6.45) is 14.6. The smallest absolute Gasteiger partial charge is 0.0401 e. The Bertz CT molecular complexity index is 503. The SMILES string of the molecule is CCc1ccc(C2C=CC3=C2C=CCC3)cn1. The van der Waals surface area contributed by atoms with Crippen molar-refractivity contribution in [1.29, 1.82) is 0 Å². The van der Waals surface area contributed by atoms with Crippen molar-refractivity contribution in [2.45, 2.75) is 32.1 Å². The average molecular weight is 223 g/mol. The van der Waals surface area contributed by atoms with Crippen molar-refractivity contribution in [3.05, 3.63) is 65.0 Å². The van der Waals surface area contributed by atoms with Gasteiger partial charge in [-0.3, -0.25) is 4.98 Å². The van der Waals surface area contributed by atoms with Gasteiger partial charge in [-0.1, -0.05) is 37.3 Å². The minimum atomic E-state index is 0.431. The summed E-state index contributed by atoms with van der Waals surface area (Å²) in [5.74, 6) is 0.431. The van der Waals surface area contributed by atoms with Gasteiger partial charge in [0.1, 0.15) is 0 Å². The molecule has 3 rings (SSSR count). The van der Waals surface area contributed by atoms with Gasteiger partial charge >= 0.3 is 0 Å². The Labute approximate surface area is 103 Å². The maximum absolute atomic E-state index is 4.50. The molecule has 0 fully saturated rings. The number of rotatable bonds is 2. The van der Waals surface area contributed by atoms with Crippen molar-refractivity contribution >= 4 is 0 Å². The third-order valence-electron chi connectivity index (χ3n) is 3.64. The molecule has 1 aromatic rings. The highest BCUT2D eigenvalue weighted by atomic mass is 14.7. The van der Waals surface area contributed by atoms with Gasteiger partial charge in [-0.25, -0.2) is 0 Å². The van der Waals surface area contributed by atoms with Crippen LogP contribution in [-0.4, -0.2) is 4.98 Å². The lowest BCUT2D eigenvalue weighted by molar-refractivity contribution is 0.929. The van der Waals surface area contributed by atoms with Crippen molar-refractivity contribution in [2.24, 2.45) is 0 Å². The lowest BCUT2D eigenvalue weighted by atomic mass is 9.90. The largest absolute Gasteiger partial charge is 0.261 e. The van der Waals surface area contributed by atoms with E-state index in [-0.39, 0.29) is 0 Å². The lowest BCUT2D eigenvalue weighted by Crippen LogP contribution is -2.00. The first kappa shape index (κ1) is 10.5. The van der Waals surface area contributed by atoms with Crippen LogP contribution in [0.15, 0.2) is 53.8 Å². The molecule has 0 saturated carbocycles. The zero-order valence-electron chi connectivity index (χ0n) is 10.2. The molecule has 1 aromatic heterocycles. The topological polar surface area (TPSA) is 12.9 Å². The van der Waals surface area contributed by atoms with Crippen LogP contribution in [0.3, 0.4) is 0 Å². The number of hydrogen-bond donors (Lipinski definition) is 0. The highest BCUT2D eigenvalue weighted by Crippen LogP contribution is 2.38. The molecule has 1 atom stereocenters. The van der Waals surface area contributed by atoms with E-state index in [9.17, 15) is 0 Å². The highest BCUT2D eigenvalue weighted by Gasteiger charge is 2.21. The zero-order chi connectivity index (χ0) is 11.7. The molecule has 1 nitrogen and oxygen atoms in total. The van der Waals surface area contributed by atoms with Gasteiger partial charge in [0.05, 0.1) is 0 Å². The summed E-state index contributed by atoms with van der Waals surface area (Å²) in [6.45, 7) is 2.14. The molecule has 1 unspecified atom stereocenters. The van der Waals surface area contributed by atoms with Crippen LogP contribution in [0.2, 0.25) is 0 Å². The molecule has 0 bridgehead atoms. The first-order valence-electron chi connectivity index (χ1n) is 6.41. The Balaban J connectivity index is 1.92. The second kappa shape index (κ2) is 4.33. The van der Waals surface area contributed by atoms with Crippen LogP contribution in [0.25, 0.3) is 0 Å². The summed E-state index contributed by atoms with van der Waals surface area (Å²) < 4.78 is 0. The van der Waals surface area contributed by atoms with Crippen LogP contribution in [0.5, 0.6) is 0 Å². The van der Waals surface area contributed by atoms with Crippen LogP contribution >= 0.6 is 0 Å². The van der Waals surface area contributed by atoms with Crippen LogP contribution in [0.4, 0.5) is 0 Å². The van der Waals surface area contributed by atoms with E-state index in [1.807, 2.05) is 6.20 Å². The molecule has 0 saturated heterocycles. The van der Waals surface area contributed by atoms with Gasteiger partial charge in [0.25, 0.3) is 0 Å². The van der Waals surface area contributed by atoms with E-state index in [0.29, 0.717) is 5.92 Å². The fourth-order valence-electron chi connectivity index (χ4n) is 2.62. The molecule has 0 amide bonds. The summed E-state index contributed by atoms with van der Waals surface area (Å²) in [5.41, 5.74) is 5.47. The van der Waals surface area contributed by atoms with Crippen LogP contribution in [0, 0.1) is 0 Å². The predicted octanol–water partition coefficient (Wildman–Crippen LogP) is 3.94. The van der Waals surface area contributed by atoms with Crippen LogP contribution in [-0.2, 0) is 6.42 Å². The van der Waals surface area contributed by atoms with E-state index in [0.717, 1.165) is 6.42 Å². The first-order chi connectivity index (χ1) is 8.38. The van der Waals surface area contributed by atoms with Gasteiger partial charge in [0.2, 0.25) is 0 Å². The Kier molecular flexibility index (Phi) is 2.68. The molecule has 2 aliphatic carbocycles. The molecule has 0 spiro atoms. The van der Waals surface area contributed by atoms with Gasteiger partial charge in [0, 0.05) is 17.8 Å². The Hall–Kier alpha value is -1.63. The van der Waals surface area contributed by atoms with Gasteiger partial charge in [-0.2, -0.15) is 0 Å². The maximum atomic E-state index is 4.50. The molecule has 0 aromatic carbocycles. The van der Waals surface area contributed by atoms with E-state index in [1.54, 1.807) is 0 Å². The summed E-state index contributed by atoms with van der Waals surface area (Å²) >= 11 is 0. The molecule has 1 heteroatoms. The quantitative estimate of drug-likeness (QED) is 0.740. The normalized spacial score (nSPS) is 22.1. The standard InChI is InChI=1S/C16H17N/c1-2-14-9-7-13(11-17-14)16-10-8-12-5-3-4-6-15(12)16/h4,6-11,16H,2-3,5H2,1H3. The van der Waals surface area contributed by atoms with Crippen LogP contribution < -0.4 is 0 Å². The van der Waals surface area contributed by atoms with Gasteiger partial charge in [-0.05, 0) is 42.0 Å². The second-order valence-electron chi connectivity index (χ2n) is 4.69. The number of pyridine rings is 1. The predicted molar refractivity (Wildman–Crippen MR) is 70.9 cm³/mol. The molecule has 0 N–H and O–H groups in total. The Morgan fingerprint density at radius 2 is 2.24 bits per heavy atom. The van der Waals surface area contributed by atoms with Crippen molar-refractivity contribution < 1.29 is 0 Å². The molecule has 0 aliphatic heterocycles. The van der Waals surface area contributed by atoms with E-state index in [2.05, 4.69) is 48.3 Å². The fourth-order valence-corrected chi connectivity index (χ4v) is 2.62. The van der Waals surface area contributed by atoms with E-state index in [1.165, 1.54) is 35.2 Å². The van der Waals surface area contributed by atoms with E-state index in [4.69, 9.17) is 0 Å². The third kappa shape index (κ3) is 1.86. The van der Waals surface area contributed by atoms with E-state index >= 15 is 0 Å². The summed E-state index contributed by atoms with van der Waals surface area (Å²) in [7, 11) is 0. The fraction of sp³-hybridized carbons (Fsp3) is 0.312. The number of hydrogen-bond acceptors (Lipinski definition) is 1. The monoisotopic (exact) mass is 223 g/mol. The molecule has 86 valence electrons. The van der Waals surface area contributed by atoms with E-state index < -0.39 is 0 Å². The van der Waals surface area contributed by atoms with Crippen molar-refractivity contribution in [3.8, 4) is 0 Å². The average Bonchev–Trinajstić information content (AvgIpc) is 2.83. The lowest BCUT2D eigenvalue weighted by Gasteiger charge is -2.15. The summed E-state index contributed by atoms with van der Waals surface area (Å²) in [5, 5.41) is 0. The Morgan fingerprint density at radius 1 is 1.29 bits per heavy atom. The van der Waals surface area contributed by atoms with Gasteiger partial charge < -0.3 is 0 Å². The second-order valence-corrected chi connectivity index (χ2v) is 4.69. The highest BCUT2D eigenvalue weighted by molar-refractivity contribution is 5.51. The third-order valence-corrected chi connectivity index (χ3v) is 3.64. The first-order valence-corrected chi connectivity index (χ1v) is 6.41. The minimum Gasteiger partial charge on any atom is -0.261 e. The van der Waals surface area contributed by atoms with Crippen LogP contribution in [0.1, 0.15) is 36.9 Å². The number of aromatic nitrogens is 1. The maximum Gasteiger partial charge on any atom is 0.0401 e. The molecule has 1 heterocycles. The molecule has 0 radical (unpaired) electrons. The van der Waals surface area contributed by atoms with Gasteiger partial charge in [-0.15, -0.1) is 0 Å². The van der Waals surface area contributed by atoms with Crippen molar-refractivity contribution in [2.75, 3.05) is 0 Å². The molecule has 17 heavy (non-hydrogen) atoms. The molecular weight excluding hydrogens is 206 g/mol. The zero-order valence-corrected chi connectivity index (χ0v) is 10.2. The van der Waals surface area contributed by atoms with Gasteiger partial charge in [0.15, 0.2) is 0 Å². The molecule has 2 aliphatic rings. The van der Waals surface area contributed by atoms with Crippen molar-refractivity contribution in [1.82, 2.24) is 4.98 Å². The number of nitrogens with zero attached hydrogens (tertiary/aromatic N) is 1. The number of allylic oxidation sites excluding steroid dienone is 6. The minimum absolute atomic E-state index is 0.431. The summed E-state index contributed by atoms with van der Waals surface area (Å²) in [6, 6.07) is 4.37.